The van der Waals surface area contributed by atoms with Gasteiger partial charge in [-0.3, -0.25) is 4.57 Å². The first kappa shape index (κ1) is 17.8. The fraction of sp³-hybridized carbons (Fsp3) is 0.571. The maximum absolute atomic E-state index is 12.3. The molecule has 0 aliphatic heterocycles. The van der Waals surface area contributed by atoms with E-state index in [1.54, 1.807) is 10.8 Å². The highest BCUT2D eigenvalue weighted by Crippen LogP contribution is 2.38. The van der Waals surface area contributed by atoms with Crippen LogP contribution in [0.4, 0.5) is 0 Å². The summed E-state index contributed by atoms with van der Waals surface area (Å²) in [5.74, 6) is 1.45. The lowest BCUT2D eigenvalue weighted by Gasteiger charge is -2.38. The van der Waals surface area contributed by atoms with E-state index >= 15 is 0 Å². The van der Waals surface area contributed by atoms with Crippen molar-refractivity contribution in [1.82, 2.24) is 4.57 Å². The molecule has 1 aliphatic rings. The van der Waals surface area contributed by atoms with E-state index in [1.165, 1.54) is 12.8 Å². The molecule has 0 N–H and O–H groups in total. The van der Waals surface area contributed by atoms with E-state index in [1.807, 2.05) is 37.3 Å². The van der Waals surface area contributed by atoms with Crippen LogP contribution in [0.5, 0.6) is 5.95 Å². The predicted molar refractivity (Wildman–Crippen MR) is 99.1 cm³/mol. The highest BCUT2D eigenvalue weighted by Gasteiger charge is 2.35. The van der Waals surface area contributed by atoms with Gasteiger partial charge >= 0.3 is 11.7 Å². The quantitative estimate of drug-likeness (QED) is 0.764. The molecule has 3 rings (SSSR count). The van der Waals surface area contributed by atoms with Crippen LogP contribution in [0.2, 0.25) is 0 Å². The van der Waals surface area contributed by atoms with Gasteiger partial charge in [0.05, 0.1) is 12.2 Å². The van der Waals surface area contributed by atoms with Crippen molar-refractivity contribution in [1.29, 1.82) is 0 Å². The zero-order valence-electron chi connectivity index (χ0n) is 15.7. The Labute approximate surface area is 149 Å². The molecule has 1 aromatic heterocycles. The molecule has 136 valence electrons. The molecule has 1 fully saturated rings. The van der Waals surface area contributed by atoms with Crippen LogP contribution in [0.1, 0.15) is 65.0 Å². The van der Waals surface area contributed by atoms with E-state index < -0.39 is 0 Å². The second kappa shape index (κ2) is 7.11. The number of rotatable bonds is 5. The number of benzene rings is 1. The highest BCUT2D eigenvalue weighted by molar-refractivity contribution is 5.19. The SMILES string of the molecule is CC(C)C1CCC(C)(Oc2cn([C@H](C)c3ccccc3)c(=O)o2)CC1. The molecule has 1 heterocycles. The zero-order valence-corrected chi connectivity index (χ0v) is 15.7. The summed E-state index contributed by atoms with van der Waals surface area (Å²) in [6.45, 7) is 8.70. The van der Waals surface area contributed by atoms with Crippen molar-refractivity contribution in [2.45, 2.75) is 65.0 Å². The third kappa shape index (κ3) is 4.00. The summed E-state index contributed by atoms with van der Waals surface area (Å²) in [4.78, 5) is 12.3. The number of hydrogen-bond acceptors (Lipinski definition) is 3. The van der Waals surface area contributed by atoms with Gasteiger partial charge in [0.25, 0.3) is 0 Å². The van der Waals surface area contributed by atoms with Gasteiger partial charge in [-0.25, -0.2) is 4.79 Å². The van der Waals surface area contributed by atoms with E-state index in [2.05, 4.69) is 20.8 Å². The molecule has 0 spiro atoms. The van der Waals surface area contributed by atoms with Gasteiger partial charge in [-0.1, -0.05) is 44.2 Å². The van der Waals surface area contributed by atoms with Crippen molar-refractivity contribution in [2.24, 2.45) is 11.8 Å². The average molecular weight is 343 g/mol. The van der Waals surface area contributed by atoms with Crippen LogP contribution >= 0.6 is 0 Å². The normalized spacial score (nSPS) is 25.1. The lowest BCUT2D eigenvalue weighted by molar-refractivity contribution is 0.00535. The van der Waals surface area contributed by atoms with Gasteiger partial charge in [0.15, 0.2) is 0 Å². The summed E-state index contributed by atoms with van der Waals surface area (Å²) in [7, 11) is 0. The summed E-state index contributed by atoms with van der Waals surface area (Å²) >= 11 is 0. The van der Waals surface area contributed by atoms with Crippen LogP contribution in [0.15, 0.2) is 45.7 Å². The van der Waals surface area contributed by atoms with Gasteiger partial charge in [0, 0.05) is 0 Å². The van der Waals surface area contributed by atoms with Gasteiger partial charge in [-0.05, 0) is 56.9 Å². The molecule has 4 heteroatoms. The Bertz CT molecular complexity index is 736. The largest absolute Gasteiger partial charge is 0.458 e. The van der Waals surface area contributed by atoms with E-state index in [9.17, 15) is 4.79 Å². The predicted octanol–water partition coefficient (Wildman–Crippen LogP) is 5.03. The number of aromatic nitrogens is 1. The molecular formula is C21H29NO3. The Balaban J connectivity index is 1.72. The summed E-state index contributed by atoms with van der Waals surface area (Å²) < 4.78 is 13.1. The summed E-state index contributed by atoms with van der Waals surface area (Å²) in [5.41, 5.74) is 0.823. The summed E-state index contributed by atoms with van der Waals surface area (Å²) in [6.07, 6.45) is 6.04. The van der Waals surface area contributed by atoms with Crippen LogP contribution in [-0.2, 0) is 0 Å². The first-order valence-corrected chi connectivity index (χ1v) is 9.34. The van der Waals surface area contributed by atoms with Crippen LogP contribution in [-0.4, -0.2) is 10.2 Å². The molecule has 4 nitrogen and oxygen atoms in total. The first-order chi connectivity index (χ1) is 11.9. The average Bonchev–Trinajstić information content (AvgIpc) is 2.95. The molecule has 0 unspecified atom stereocenters. The van der Waals surface area contributed by atoms with Gasteiger partial charge in [0.1, 0.15) is 5.60 Å². The third-order valence-corrected chi connectivity index (χ3v) is 5.72. The number of oxazole rings is 1. The van der Waals surface area contributed by atoms with Gasteiger partial charge in [-0.2, -0.15) is 0 Å². The minimum atomic E-state index is -0.370. The Morgan fingerprint density at radius 2 is 1.80 bits per heavy atom. The standard InChI is InChI=1S/C21H29NO3/c1-15(2)17-10-12-21(4,13-11-17)25-19-14-22(20(23)24-19)16(3)18-8-6-5-7-9-18/h5-9,14-17H,10-13H2,1-4H3/t16-,17?,21?/m1/s1. The maximum atomic E-state index is 12.3. The van der Waals surface area contributed by atoms with Crippen molar-refractivity contribution in [3.63, 3.8) is 0 Å². The van der Waals surface area contributed by atoms with Crippen molar-refractivity contribution < 1.29 is 9.15 Å². The lowest BCUT2D eigenvalue weighted by atomic mass is 9.75. The lowest BCUT2D eigenvalue weighted by Crippen LogP contribution is -2.37. The van der Waals surface area contributed by atoms with Crippen molar-refractivity contribution in [3.8, 4) is 5.95 Å². The fourth-order valence-corrected chi connectivity index (χ4v) is 3.80. The second-order valence-electron chi connectivity index (χ2n) is 7.94. The molecule has 1 aromatic carbocycles. The van der Waals surface area contributed by atoms with Crippen molar-refractivity contribution in [2.75, 3.05) is 0 Å². The van der Waals surface area contributed by atoms with Gasteiger partial charge < -0.3 is 9.15 Å². The molecule has 1 atom stereocenters. The minimum Gasteiger partial charge on any atom is -0.458 e. The number of nitrogens with zero attached hydrogens (tertiary/aromatic N) is 1. The Hall–Kier alpha value is -1.97. The Kier molecular flexibility index (Phi) is 5.07. The summed E-state index contributed by atoms with van der Waals surface area (Å²) in [6, 6.07) is 9.86. The topological polar surface area (TPSA) is 44.4 Å². The molecule has 0 radical (unpaired) electrons. The molecular weight excluding hydrogens is 314 g/mol. The van der Waals surface area contributed by atoms with Crippen molar-refractivity contribution in [3.05, 3.63) is 52.6 Å². The molecule has 1 saturated carbocycles. The molecule has 2 aromatic rings. The van der Waals surface area contributed by atoms with Crippen molar-refractivity contribution >= 4 is 0 Å². The van der Waals surface area contributed by atoms with E-state index in [0.717, 1.165) is 30.2 Å². The third-order valence-electron chi connectivity index (χ3n) is 5.72. The Morgan fingerprint density at radius 1 is 1.16 bits per heavy atom. The van der Waals surface area contributed by atoms with Crippen LogP contribution in [0, 0.1) is 11.8 Å². The van der Waals surface area contributed by atoms with Gasteiger partial charge in [0.2, 0.25) is 0 Å². The number of ether oxygens (including phenoxy) is 1. The smallest absolute Gasteiger partial charge is 0.422 e. The molecule has 0 amide bonds. The second-order valence-corrected chi connectivity index (χ2v) is 7.94. The van der Waals surface area contributed by atoms with Crippen LogP contribution in [0.25, 0.3) is 0 Å². The fourth-order valence-electron chi connectivity index (χ4n) is 3.80. The molecule has 0 saturated heterocycles. The van der Waals surface area contributed by atoms with E-state index in [-0.39, 0.29) is 17.4 Å². The minimum absolute atomic E-state index is 0.0840. The van der Waals surface area contributed by atoms with Gasteiger partial charge in [-0.15, -0.1) is 0 Å². The number of hydrogen-bond donors (Lipinski definition) is 0. The highest BCUT2D eigenvalue weighted by atomic mass is 16.6. The monoisotopic (exact) mass is 343 g/mol. The van der Waals surface area contributed by atoms with Crippen LogP contribution < -0.4 is 10.5 Å². The Morgan fingerprint density at radius 3 is 2.40 bits per heavy atom. The molecule has 25 heavy (non-hydrogen) atoms. The maximum Gasteiger partial charge on any atom is 0.422 e. The van der Waals surface area contributed by atoms with E-state index in [4.69, 9.17) is 9.15 Å². The van der Waals surface area contributed by atoms with E-state index in [0.29, 0.717) is 5.95 Å². The first-order valence-electron chi connectivity index (χ1n) is 9.34. The summed E-state index contributed by atoms with van der Waals surface area (Å²) in [5, 5.41) is 0. The molecule has 0 bridgehead atoms. The van der Waals surface area contributed by atoms with Crippen LogP contribution in [0.3, 0.4) is 0 Å². The zero-order chi connectivity index (χ0) is 18.0. The molecule has 1 aliphatic carbocycles.